The monoisotopic (exact) mass is 282 g/mol. The number of rotatable bonds is 5. The molecule has 0 atom stereocenters. The molecule has 0 saturated heterocycles. The van der Waals surface area contributed by atoms with Gasteiger partial charge in [0.05, 0.1) is 24.0 Å². The van der Waals surface area contributed by atoms with Gasteiger partial charge in [0.1, 0.15) is 5.65 Å². The lowest BCUT2D eigenvalue weighted by Gasteiger charge is -2.13. The van der Waals surface area contributed by atoms with Crippen LogP contribution >= 0.6 is 0 Å². The second-order valence-electron chi connectivity index (χ2n) is 5.07. The van der Waals surface area contributed by atoms with E-state index in [1.165, 1.54) is 0 Å². The van der Waals surface area contributed by atoms with E-state index in [4.69, 9.17) is 4.74 Å². The van der Waals surface area contributed by atoms with Crippen molar-refractivity contribution < 1.29 is 4.74 Å². The van der Waals surface area contributed by atoms with Crippen LogP contribution in [0.15, 0.2) is 48.9 Å². The molecule has 3 aromatic heterocycles. The molecule has 0 aliphatic carbocycles. The minimum Gasteiger partial charge on any atom is -0.473 e. The molecule has 0 bridgehead atoms. The number of ether oxygens (including phenoxy) is 1. The van der Waals surface area contributed by atoms with E-state index >= 15 is 0 Å². The van der Waals surface area contributed by atoms with Crippen molar-refractivity contribution in [3.05, 3.63) is 54.6 Å². The summed E-state index contributed by atoms with van der Waals surface area (Å²) < 4.78 is 7.70. The Balaban J connectivity index is 1.75. The quantitative estimate of drug-likeness (QED) is 0.781. The fourth-order valence-corrected chi connectivity index (χ4v) is 2.10. The molecular formula is C16H18N4O. The van der Waals surface area contributed by atoms with Gasteiger partial charge in [0.15, 0.2) is 0 Å². The molecule has 0 aromatic carbocycles. The molecule has 0 amide bonds. The summed E-state index contributed by atoms with van der Waals surface area (Å²) in [6, 6.07) is 9.80. The predicted octanol–water partition coefficient (Wildman–Crippen LogP) is 3.13. The lowest BCUT2D eigenvalue weighted by atomic mass is 10.3. The summed E-state index contributed by atoms with van der Waals surface area (Å²) in [5.41, 5.74) is 2.79. The van der Waals surface area contributed by atoms with Gasteiger partial charge < -0.3 is 14.5 Å². The Labute approximate surface area is 123 Å². The number of nitrogens with one attached hydrogen (secondary N) is 1. The number of hydrogen-bond acceptors (Lipinski definition) is 4. The molecule has 0 aliphatic heterocycles. The lowest BCUT2D eigenvalue weighted by molar-refractivity contribution is 0.234. The first-order chi connectivity index (χ1) is 10.2. The van der Waals surface area contributed by atoms with Crippen molar-refractivity contribution in [3.63, 3.8) is 0 Å². The van der Waals surface area contributed by atoms with Gasteiger partial charge in [-0.15, -0.1) is 0 Å². The van der Waals surface area contributed by atoms with Crippen molar-refractivity contribution in [1.82, 2.24) is 14.4 Å². The third-order valence-electron chi connectivity index (χ3n) is 2.99. The standard InChI is InChI=1S/C16H18N4O/c1-12(2)21-16-14(6-5-8-17-16)18-10-13-11-20-9-4-3-7-15(20)19-13/h3-9,11-12,18H,10H2,1-2H3. The molecule has 5 heteroatoms. The SMILES string of the molecule is CC(C)Oc1ncccc1NCc1cn2ccccc2n1. The number of nitrogens with zero attached hydrogens (tertiary/aromatic N) is 3. The van der Waals surface area contributed by atoms with E-state index in [-0.39, 0.29) is 6.10 Å². The minimum atomic E-state index is 0.0932. The van der Waals surface area contributed by atoms with Crippen molar-refractivity contribution in [2.45, 2.75) is 26.5 Å². The number of hydrogen-bond donors (Lipinski definition) is 1. The molecule has 3 aromatic rings. The second-order valence-corrected chi connectivity index (χ2v) is 5.07. The maximum Gasteiger partial charge on any atom is 0.237 e. The Morgan fingerprint density at radius 1 is 1.24 bits per heavy atom. The molecule has 0 unspecified atom stereocenters. The highest BCUT2D eigenvalue weighted by Crippen LogP contribution is 2.22. The summed E-state index contributed by atoms with van der Waals surface area (Å²) in [6.45, 7) is 4.60. The van der Waals surface area contributed by atoms with Crippen LogP contribution in [0.4, 0.5) is 5.69 Å². The first-order valence-electron chi connectivity index (χ1n) is 7.00. The number of fused-ring (bicyclic) bond motifs is 1. The number of anilines is 1. The molecule has 5 nitrogen and oxygen atoms in total. The van der Waals surface area contributed by atoms with Gasteiger partial charge in [-0.2, -0.15) is 0 Å². The fraction of sp³-hybridized carbons (Fsp3) is 0.250. The van der Waals surface area contributed by atoms with Crippen LogP contribution in [0.25, 0.3) is 5.65 Å². The van der Waals surface area contributed by atoms with Gasteiger partial charge in [0.2, 0.25) is 5.88 Å². The Bertz CT molecular complexity index is 703. The average Bonchev–Trinajstić information content (AvgIpc) is 2.88. The molecule has 0 aliphatic rings. The summed E-state index contributed by atoms with van der Waals surface area (Å²) in [5, 5.41) is 3.33. The molecule has 0 fully saturated rings. The summed E-state index contributed by atoms with van der Waals surface area (Å²) >= 11 is 0. The van der Waals surface area contributed by atoms with Crippen molar-refractivity contribution in [2.24, 2.45) is 0 Å². The second kappa shape index (κ2) is 5.83. The average molecular weight is 282 g/mol. The normalized spacial score (nSPS) is 11.0. The van der Waals surface area contributed by atoms with Crippen LogP contribution in [0.5, 0.6) is 5.88 Å². The Hall–Kier alpha value is -2.56. The van der Waals surface area contributed by atoms with Crippen molar-refractivity contribution in [3.8, 4) is 5.88 Å². The Morgan fingerprint density at radius 3 is 2.95 bits per heavy atom. The van der Waals surface area contributed by atoms with E-state index in [9.17, 15) is 0 Å². The zero-order valence-electron chi connectivity index (χ0n) is 12.2. The Morgan fingerprint density at radius 2 is 2.14 bits per heavy atom. The molecule has 0 radical (unpaired) electrons. The van der Waals surface area contributed by atoms with E-state index in [0.29, 0.717) is 12.4 Å². The largest absolute Gasteiger partial charge is 0.473 e. The van der Waals surface area contributed by atoms with Crippen molar-refractivity contribution in [1.29, 1.82) is 0 Å². The highest BCUT2D eigenvalue weighted by molar-refractivity contribution is 5.52. The van der Waals surface area contributed by atoms with E-state index in [1.54, 1.807) is 6.20 Å². The van der Waals surface area contributed by atoms with Gasteiger partial charge in [0.25, 0.3) is 0 Å². The van der Waals surface area contributed by atoms with Crippen LogP contribution < -0.4 is 10.1 Å². The summed E-state index contributed by atoms with van der Waals surface area (Å²) in [5.74, 6) is 0.622. The smallest absolute Gasteiger partial charge is 0.237 e. The summed E-state index contributed by atoms with van der Waals surface area (Å²) in [7, 11) is 0. The highest BCUT2D eigenvalue weighted by atomic mass is 16.5. The molecule has 108 valence electrons. The topological polar surface area (TPSA) is 51.5 Å². The van der Waals surface area contributed by atoms with Crippen LogP contribution in [-0.2, 0) is 6.54 Å². The third kappa shape index (κ3) is 3.13. The van der Waals surface area contributed by atoms with Crippen molar-refractivity contribution in [2.75, 3.05) is 5.32 Å². The maximum atomic E-state index is 5.69. The van der Waals surface area contributed by atoms with E-state index in [0.717, 1.165) is 17.0 Å². The van der Waals surface area contributed by atoms with Crippen LogP contribution in [0.3, 0.4) is 0 Å². The van der Waals surface area contributed by atoms with Gasteiger partial charge in [0, 0.05) is 18.6 Å². The van der Waals surface area contributed by atoms with E-state index in [1.807, 2.05) is 61.0 Å². The first kappa shape index (κ1) is 13.4. The molecule has 21 heavy (non-hydrogen) atoms. The van der Waals surface area contributed by atoms with Crippen LogP contribution in [0.1, 0.15) is 19.5 Å². The van der Waals surface area contributed by atoms with Crippen LogP contribution in [-0.4, -0.2) is 20.5 Å². The van der Waals surface area contributed by atoms with Crippen LogP contribution in [0.2, 0.25) is 0 Å². The number of imidazole rings is 1. The molecule has 3 heterocycles. The minimum absolute atomic E-state index is 0.0932. The van der Waals surface area contributed by atoms with E-state index < -0.39 is 0 Å². The van der Waals surface area contributed by atoms with Gasteiger partial charge in [-0.3, -0.25) is 0 Å². The van der Waals surface area contributed by atoms with Gasteiger partial charge >= 0.3 is 0 Å². The van der Waals surface area contributed by atoms with Gasteiger partial charge in [-0.1, -0.05) is 6.07 Å². The predicted molar refractivity (Wildman–Crippen MR) is 82.5 cm³/mol. The first-order valence-corrected chi connectivity index (χ1v) is 7.00. The molecular weight excluding hydrogens is 264 g/mol. The Kier molecular flexibility index (Phi) is 3.73. The lowest BCUT2D eigenvalue weighted by Crippen LogP contribution is -2.10. The van der Waals surface area contributed by atoms with Crippen molar-refractivity contribution >= 4 is 11.3 Å². The fourth-order valence-electron chi connectivity index (χ4n) is 2.10. The van der Waals surface area contributed by atoms with Gasteiger partial charge in [-0.25, -0.2) is 9.97 Å². The van der Waals surface area contributed by atoms with Gasteiger partial charge in [-0.05, 0) is 38.1 Å². The number of aromatic nitrogens is 3. The molecule has 0 spiro atoms. The zero-order chi connectivity index (χ0) is 14.7. The number of pyridine rings is 2. The third-order valence-corrected chi connectivity index (χ3v) is 2.99. The summed E-state index contributed by atoms with van der Waals surface area (Å²) in [6.07, 6.45) is 5.83. The molecule has 0 saturated carbocycles. The van der Waals surface area contributed by atoms with Crippen LogP contribution in [0, 0.1) is 0 Å². The summed E-state index contributed by atoms with van der Waals surface area (Å²) in [4.78, 5) is 8.82. The maximum absolute atomic E-state index is 5.69. The highest BCUT2D eigenvalue weighted by Gasteiger charge is 2.07. The molecule has 1 N–H and O–H groups in total. The van der Waals surface area contributed by atoms with E-state index in [2.05, 4.69) is 15.3 Å². The zero-order valence-corrected chi connectivity index (χ0v) is 12.2. The molecule has 3 rings (SSSR count).